The predicted molar refractivity (Wildman–Crippen MR) is 93.7 cm³/mol. The van der Waals surface area contributed by atoms with Crippen molar-refractivity contribution in [1.29, 1.82) is 0 Å². The van der Waals surface area contributed by atoms with Crippen molar-refractivity contribution in [3.8, 4) is 0 Å². The summed E-state index contributed by atoms with van der Waals surface area (Å²) in [5.74, 6) is 0. The van der Waals surface area contributed by atoms with Gasteiger partial charge in [-0.1, -0.05) is 24.3 Å². The lowest BCUT2D eigenvalue weighted by molar-refractivity contribution is 0.714. The van der Waals surface area contributed by atoms with Crippen LogP contribution in [-0.2, 0) is 41.3 Å². The summed E-state index contributed by atoms with van der Waals surface area (Å²) in [5.41, 5.74) is 4.31. The maximum absolute atomic E-state index is 4.70. The van der Waals surface area contributed by atoms with Crippen LogP contribution in [0.4, 0.5) is 0 Å². The topological polar surface area (TPSA) is 44.4 Å². The Morgan fingerprint density at radius 2 is 1.04 bits per heavy atom. The van der Waals surface area contributed by atoms with Crippen LogP contribution >= 0.6 is 0 Å². The molecule has 1 aromatic carbocycles. The maximum Gasteiger partial charge on any atom is 0.204 e. The number of aromatic nitrogens is 4. The van der Waals surface area contributed by atoms with Crippen LogP contribution in [0.1, 0.15) is 11.1 Å². The Labute approximate surface area is 141 Å². The molecular formula is C18H24N6. The SMILES string of the molecule is Cn1ccn(C)c1=NCc1cccc(CN=c2n(C)ccn2C)c1. The minimum atomic E-state index is 0.664. The highest BCUT2D eigenvalue weighted by molar-refractivity contribution is 5.23. The van der Waals surface area contributed by atoms with Gasteiger partial charge in [0.05, 0.1) is 13.1 Å². The van der Waals surface area contributed by atoms with Gasteiger partial charge in [0.2, 0.25) is 11.2 Å². The molecule has 0 aliphatic rings. The van der Waals surface area contributed by atoms with Crippen LogP contribution in [0.3, 0.4) is 0 Å². The van der Waals surface area contributed by atoms with Gasteiger partial charge in [-0.25, -0.2) is 9.98 Å². The zero-order valence-corrected chi connectivity index (χ0v) is 14.7. The van der Waals surface area contributed by atoms with Crippen molar-refractivity contribution in [1.82, 2.24) is 18.3 Å². The first kappa shape index (κ1) is 16.1. The maximum atomic E-state index is 4.70. The molecule has 0 atom stereocenters. The first-order valence-corrected chi connectivity index (χ1v) is 7.99. The van der Waals surface area contributed by atoms with Crippen molar-refractivity contribution in [2.75, 3.05) is 0 Å². The van der Waals surface area contributed by atoms with E-state index in [1.165, 1.54) is 11.1 Å². The number of imidazole rings is 2. The lowest BCUT2D eigenvalue weighted by Gasteiger charge is -2.02. The van der Waals surface area contributed by atoms with Gasteiger partial charge in [0, 0.05) is 53.0 Å². The summed E-state index contributed by atoms with van der Waals surface area (Å²) in [4.78, 5) is 9.40. The molecule has 0 saturated carbocycles. The zero-order valence-electron chi connectivity index (χ0n) is 14.7. The van der Waals surface area contributed by atoms with Gasteiger partial charge < -0.3 is 18.3 Å². The minimum Gasteiger partial charge on any atom is -0.321 e. The summed E-state index contributed by atoms with van der Waals surface area (Å²) in [6, 6.07) is 8.47. The Balaban J connectivity index is 1.80. The average Bonchev–Trinajstić information content (AvgIpc) is 3.06. The predicted octanol–water partition coefficient (Wildman–Crippen LogP) is 1.24. The Bertz CT molecular complexity index is 843. The van der Waals surface area contributed by atoms with Crippen LogP contribution in [0.2, 0.25) is 0 Å². The average molecular weight is 324 g/mol. The lowest BCUT2D eigenvalue weighted by Crippen LogP contribution is -2.22. The van der Waals surface area contributed by atoms with Gasteiger partial charge in [0.25, 0.3) is 0 Å². The number of aryl methyl sites for hydroxylation is 4. The molecule has 0 unspecified atom stereocenters. The molecule has 0 N–H and O–H groups in total. The third-order valence-corrected chi connectivity index (χ3v) is 4.09. The molecular weight excluding hydrogens is 300 g/mol. The van der Waals surface area contributed by atoms with Gasteiger partial charge in [-0.15, -0.1) is 0 Å². The molecule has 2 aromatic heterocycles. The van der Waals surface area contributed by atoms with Crippen molar-refractivity contribution >= 4 is 0 Å². The van der Waals surface area contributed by atoms with Gasteiger partial charge in [-0.2, -0.15) is 0 Å². The van der Waals surface area contributed by atoms with Gasteiger partial charge in [-0.3, -0.25) is 0 Å². The highest BCUT2D eigenvalue weighted by Crippen LogP contribution is 2.07. The van der Waals surface area contributed by atoms with E-state index < -0.39 is 0 Å². The summed E-state index contributed by atoms with van der Waals surface area (Å²) >= 11 is 0. The van der Waals surface area contributed by atoms with Crippen molar-refractivity contribution in [3.05, 3.63) is 71.4 Å². The fraction of sp³-hybridized carbons (Fsp3) is 0.333. The van der Waals surface area contributed by atoms with Gasteiger partial charge in [-0.05, 0) is 11.1 Å². The standard InChI is InChI=1S/C18H24N6/c1-21-8-9-22(2)17(21)19-13-15-6-5-7-16(12-15)14-20-18-23(3)10-11-24(18)4/h5-12H,13-14H2,1-4H3. The van der Waals surface area contributed by atoms with Gasteiger partial charge in [0.1, 0.15) is 0 Å². The summed E-state index contributed by atoms with van der Waals surface area (Å²) in [7, 11) is 8.03. The van der Waals surface area contributed by atoms with E-state index in [2.05, 4.69) is 24.3 Å². The molecule has 0 radical (unpaired) electrons. The third-order valence-electron chi connectivity index (χ3n) is 4.09. The molecule has 0 aliphatic carbocycles. The van der Waals surface area contributed by atoms with Crippen molar-refractivity contribution in [2.45, 2.75) is 13.1 Å². The Kier molecular flexibility index (Phi) is 4.55. The van der Waals surface area contributed by atoms with Crippen LogP contribution < -0.4 is 11.2 Å². The molecule has 0 saturated heterocycles. The van der Waals surface area contributed by atoms with Crippen LogP contribution in [-0.4, -0.2) is 18.3 Å². The number of rotatable bonds is 4. The molecule has 6 heteroatoms. The molecule has 126 valence electrons. The van der Waals surface area contributed by atoms with Crippen LogP contribution in [0, 0.1) is 0 Å². The Morgan fingerprint density at radius 3 is 1.42 bits per heavy atom. The molecule has 0 bridgehead atoms. The molecule has 6 nitrogen and oxygen atoms in total. The minimum absolute atomic E-state index is 0.664. The third kappa shape index (κ3) is 3.42. The van der Waals surface area contributed by atoms with E-state index in [1.54, 1.807) is 0 Å². The zero-order chi connectivity index (χ0) is 17.1. The number of hydrogen-bond acceptors (Lipinski definition) is 2. The quantitative estimate of drug-likeness (QED) is 0.693. The van der Waals surface area contributed by atoms with E-state index in [1.807, 2.05) is 71.2 Å². The molecule has 3 rings (SSSR count). The molecule has 3 aromatic rings. The van der Waals surface area contributed by atoms with E-state index in [0.29, 0.717) is 13.1 Å². The Morgan fingerprint density at radius 1 is 0.667 bits per heavy atom. The van der Waals surface area contributed by atoms with E-state index in [4.69, 9.17) is 9.98 Å². The van der Waals surface area contributed by atoms with Crippen LogP contribution in [0.15, 0.2) is 59.0 Å². The van der Waals surface area contributed by atoms with Crippen molar-refractivity contribution < 1.29 is 0 Å². The molecule has 2 heterocycles. The van der Waals surface area contributed by atoms with E-state index in [-0.39, 0.29) is 0 Å². The number of benzene rings is 1. The van der Waals surface area contributed by atoms with Gasteiger partial charge in [0.15, 0.2) is 0 Å². The molecule has 0 aliphatic heterocycles. The molecule has 0 amide bonds. The van der Waals surface area contributed by atoms with Crippen LogP contribution in [0.25, 0.3) is 0 Å². The van der Waals surface area contributed by atoms with E-state index in [9.17, 15) is 0 Å². The summed E-state index contributed by atoms with van der Waals surface area (Å²) < 4.78 is 8.09. The molecule has 0 fully saturated rings. The summed E-state index contributed by atoms with van der Waals surface area (Å²) in [6.07, 6.45) is 8.03. The summed E-state index contributed by atoms with van der Waals surface area (Å²) in [6.45, 7) is 1.33. The van der Waals surface area contributed by atoms with E-state index >= 15 is 0 Å². The fourth-order valence-electron chi connectivity index (χ4n) is 2.76. The normalized spacial score (nSPS) is 10.8. The fourth-order valence-corrected chi connectivity index (χ4v) is 2.76. The number of hydrogen-bond donors (Lipinski definition) is 0. The number of nitrogens with zero attached hydrogens (tertiary/aromatic N) is 6. The molecule has 24 heavy (non-hydrogen) atoms. The second kappa shape index (κ2) is 6.78. The smallest absolute Gasteiger partial charge is 0.204 e. The second-order valence-electron chi connectivity index (χ2n) is 6.09. The lowest BCUT2D eigenvalue weighted by atomic mass is 10.1. The largest absolute Gasteiger partial charge is 0.321 e. The highest BCUT2D eigenvalue weighted by Gasteiger charge is 1.98. The van der Waals surface area contributed by atoms with Crippen molar-refractivity contribution in [3.63, 3.8) is 0 Å². The first-order chi connectivity index (χ1) is 11.5. The first-order valence-electron chi connectivity index (χ1n) is 7.99. The van der Waals surface area contributed by atoms with Crippen molar-refractivity contribution in [2.24, 2.45) is 38.2 Å². The second-order valence-corrected chi connectivity index (χ2v) is 6.09. The van der Waals surface area contributed by atoms with Gasteiger partial charge >= 0.3 is 0 Å². The highest BCUT2D eigenvalue weighted by atomic mass is 15.2. The molecule has 0 spiro atoms. The summed E-state index contributed by atoms with van der Waals surface area (Å²) in [5, 5.41) is 0. The monoisotopic (exact) mass is 324 g/mol. The Hall–Kier alpha value is -2.76. The van der Waals surface area contributed by atoms with E-state index in [0.717, 1.165) is 11.2 Å². The van der Waals surface area contributed by atoms with Crippen LogP contribution in [0.5, 0.6) is 0 Å².